The molecule has 128 valence electrons. The number of aryl methyl sites for hydroxylation is 1. The van der Waals surface area contributed by atoms with Gasteiger partial charge in [-0.2, -0.15) is 0 Å². The third-order valence-corrected chi connectivity index (χ3v) is 5.81. The first-order valence-corrected chi connectivity index (χ1v) is 8.88. The number of thiophene rings is 1. The topological polar surface area (TPSA) is 79.5 Å². The number of nitrogens with two attached hydrogens (primary N) is 1. The Hall–Kier alpha value is -1.76. The molecule has 2 aromatic rings. The Balaban J connectivity index is 2.17. The van der Waals surface area contributed by atoms with Crippen molar-refractivity contribution in [1.29, 1.82) is 0 Å². The molecule has 0 saturated carbocycles. The van der Waals surface area contributed by atoms with E-state index in [0.29, 0.717) is 12.1 Å². The predicted molar refractivity (Wildman–Crippen MR) is 96.0 cm³/mol. The summed E-state index contributed by atoms with van der Waals surface area (Å²) in [6, 6.07) is 3.82. The van der Waals surface area contributed by atoms with E-state index in [2.05, 4.69) is 18.8 Å². The molecule has 3 N–H and O–H groups in total. The van der Waals surface area contributed by atoms with Gasteiger partial charge in [0.1, 0.15) is 0 Å². The number of hydrazine groups is 1. The highest BCUT2D eigenvalue weighted by Gasteiger charge is 2.33. The van der Waals surface area contributed by atoms with Crippen LogP contribution in [-0.4, -0.2) is 28.1 Å². The Morgan fingerprint density at radius 1 is 1.50 bits per heavy atom. The van der Waals surface area contributed by atoms with Crippen molar-refractivity contribution in [2.45, 2.75) is 39.7 Å². The zero-order valence-electron chi connectivity index (χ0n) is 14.3. The zero-order valence-corrected chi connectivity index (χ0v) is 15.1. The van der Waals surface area contributed by atoms with Crippen LogP contribution < -0.4 is 5.84 Å². The van der Waals surface area contributed by atoms with Gasteiger partial charge in [-0.05, 0) is 41.9 Å². The molecule has 0 fully saturated rings. The molecule has 6 heteroatoms. The number of carboxylic acid groups (broad SMARTS) is 1. The van der Waals surface area contributed by atoms with E-state index in [1.54, 1.807) is 29.6 Å². The molecular formula is C18H23N3O2S. The van der Waals surface area contributed by atoms with Crippen LogP contribution in [0.1, 0.15) is 46.6 Å². The van der Waals surface area contributed by atoms with E-state index < -0.39 is 5.97 Å². The summed E-state index contributed by atoms with van der Waals surface area (Å²) in [4.78, 5) is 18.5. The van der Waals surface area contributed by atoms with Crippen molar-refractivity contribution >= 4 is 17.3 Å². The van der Waals surface area contributed by atoms with Gasteiger partial charge < -0.3 is 5.11 Å². The summed E-state index contributed by atoms with van der Waals surface area (Å²) < 4.78 is 0. The SMILES string of the molecule is CN(N)Cc1cccnc1-c1sc2c(c1C(=O)O)CC(C)(C)CC2. The summed E-state index contributed by atoms with van der Waals surface area (Å²) >= 11 is 1.58. The Morgan fingerprint density at radius 2 is 2.25 bits per heavy atom. The number of hydrogen-bond acceptors (Lipinski definition) is 5. The van der Waals surface area contributed by atoms with E-state index in [9.17, 15) is 9.90 Å². The van der Waals surface area contributed by atoms with Gasteiger partial charge in [-0.15, -0.1) is 11.3 Å². The molecule has 3 rings (SSSR count). The minimum absolute atomic E-state index is 0.139. The second-order valence-electron chi connectivity index (χ2n) is 7.28. The van der Waals surface area contributed by atoms with Gasteiger partial charge in [-0.3, -0.25) is 10.8 Å². The van der Waals surface area contributed by atoms with E-state index in [1.807, 2.05) is 12.1 Å². The maximum absolute atomic E-state index is 12.0. The normalized spacial score (nSPS) is 16.2. The minimum atomic E-state index is -0.863. The lowest BCUT2D eigenvalue weighted by Gasteiger charge is -2.29. The van der Waals surface area contributed by atoms with Crippen LogP contribution in [0.4, 0.5) is 0 Å². The van der Waals surface area contributed by atoms with Gasteiger partial charge in [0.25, 0.3) is 0 Å². The van der Waals surface area contributed by atoms with E-state index >= 15 is 0 Å². The average molecular weight is 345 g/mol. The molecule has 0 spiro atoms. The van der Waals surface area contributed by atoms with Crippen LogP contribution in [0, 0.1) is 5.41 Å². The van der Waals surface area contributed by atoms with Gasteiger partial charge in [-0.1, -0.05) is 19.9 Å². The van der Waals surface area contributed by atoms with Gasteiger partial charge >= 0.3 is 5.97 Å². The fraction of sp³-hybridized carbons (Fsp3) is 0.444. The van der Waals surface area contributed by atoms with Crippen molar-refractivity contribution in [3.05, 3.63) is 39.9 Å². The Bertz CT molecular complexity index is 781. The quantitative estimate of drug-likeness (QED) is 0.656. The third-order valence-electron chi connectivity index (χ3n) is 4.51. The Morgan fingerprint density at radius 3 is 2.92 bits per heavy atom. The molecule has 0 atom stereocenters. The van der Waals surface area contributed by atoms with Gasteiger partial charge in [0.15, 0.2) is 0 Å². The van der Waals surface area contributed by atoms with Crippen molar-refractivity contribution in [1.82, 2.24) is 9.99 Å². The monoisotopic (exact) mass is 345 g/mol. The summed E-state index contributed by atoms with van der Waals surface area (Å²) in [6.45, 7) is 4.93. The first kappa shape index (κ1) is 17.1. The molecule has 0 aromatic carbocycles. The largest absolute Gasteiger partial charge is 0.478 e. The summed E-state index contributed by atoms with van der Waals surface area (Å²) in [5.74, 6) is 4.93. The first-order chi connectivity index (χ1) is 11.3. The summed E-state index contributed by atoms with van der Waals surface area (Å²) in [7, 11) is 1.79. The van der Waals surface area contributed by atoms with Crippen molar-refractivity contribution in [2.75, 3.05) is 7.05 Å². The maximum atomic E-state index is 12.0. The van der Waals surface area contributed by atoms with Gasteiger partial charge in [0.05, 0.1) is 16.1 Å². The second-order valence-corrected chi connectivity index (χ2v) is 8.39. The fourth-order valence-electron chi connectivity index (χ4n) is 3.35. The lowest BCUT2D eigenvalue weighted by atomic mass is 9.76. The van der Waals surface area contributed by atoms with Gasteiger partial charge in [-0.25, -0.2) is 9.80 Å². The number of aromatic nitrogens is 1. The molecule has 0 saturated heterocycles. The molecule has 2 aromatic heterocycles. The Kier molecular flexibility index (Phi) is 4.46. The van der Waals surface area contributed by atoms with Crippen LogP contribution in [-0.2, 0) is 19.4 Å². The van der Waals surface area contributed by atoms with Crippen LogP contribution in [0.2, 0.25) is 0 Å². The predicted octanol–water partition coefficient (Wildman–Crippen LogP) is 3.33. The second kappa shape index (κ2) is 6.27. The van der Waals surface area contributed by atoms with E-state index in [-0.39, 0.29) is 5.41 Å². The molecule has 24 heavy (non-hydrogen) atoms. The molecule has 1 aliphatic carbocycles. The zero-order chi connectivity index (χ0) is 17.5. The number of aromatic carboxylic acids is 1. The highest BCUT2D eigenvalue weighted by molar-refractivity contribution is 7.16. The number of hydrogen-bond donors (Lipinski definition) is 2. The van der Waals surface area contributed by atoms with Crippen LogP contribution >= 0.6 is 11.3 Å². The minimum Gasteiger partial charge on any atom is -0.478 e. The van der Waals surface area contributed by atoms with Crippen LogP contribution in [0.5, 0.6) is 0 Å². The summed E-state index contributed by atoms with van der Waals surface area (Å²) in [5, 5.41) is 11.4. The van der Waals surface area contributed by atoms with Crippen molar-refractivity contribution in [3.8, 4) is 10.6 Å². The molecular weight excluding hydrogens is 322 g/mol. The lowest BCUT2D eigenvalue weighted by Crippen LogP contribution is -2.25. The van der Waals surface area contributed by atoms with Crippen molar-refractivity contribution < 1.29 is 9.90 Å². The van der Waals surface area contributed by atoms with Crippen molar-refractivity contribution in [3.63, 3.8) is 0 Å². The first-order valence-electron chi connectivity index (χ1n) is 8.06. The van der Waals surface area contributed by atoms with Crippen LogP contribution in [0.3, 0.4) is 0 Å². The average Bonchev–Trinajstić information content (AvgIpc) is 2.84. The summed E-state index contributed by atoms with van der Waals surface area (Å²) in [5.41, 5.74) is 3.26. The molecule has 0 bridgehead atoms. The molecule has 0 amide bonds. The van der Waals surface area contributed by atoms with Crippen LogP contribution in [0.25, 0.3) is 10.6 Å². The van der Waals surface area contributed by atoms with Crippen LogP contribution in [0.15, 0.2) is 18.3 Å². The van der Waals surface area contributed by atoms with E-state index in [4.69, 9.17) is 5.84 Å². The smallest absolute Gasteiger partial charge is 0.337 e. The standard InChI is InChI=1S/C18H23N3O2S/c1-18(2)7-6-13-12(9-18)14(17(22)23)16(24-13)15-11(10-21(3)19)5-4-8-20-15/h4-5,8H,6-7,9-10,19H2,1-3H3,(H,22,23). The highest BCUT2D eigenvalue weighted by atomic mass is 32.1. The molecule has 0 unspecified atom stereocenters. The van der Waals surface area contributed by atoms with E-state index in [0.717, 1.165) is 41.0 Å². The molecule has 5 nitrogen and oxygen atoms in total. The molecule has 0 radical (unpaired) electrons. The number of rotatable bonds is 4. The van der Waals surface area contributed by atoms with Gasteiger partial charge in [0, 0.05) is 24.7 Å². The van der Waals surface area contributed by atoms with E-state index in [1.165, 1.54) is 4.88 Å². The van der Waals surface area contributed by atoms with Crippen molar-refractivity contribution in [2.24, 2.45) is 11.3 Å². The lowest BCUT2D eigenvalue weighted by molar-refractivity contribution is 0.0696. The van der Waals surface area contributed by atoms with Gasteiger partial charge in [0.2, 0.25) is 0 Å². The molecule has 1 aliphatic rings. The fourth-order valence-corrected chi connectivity index (χ4v) is 4.69. The number of fused-ring (bicyclic) bond motifs is 1. The Labute approximate surface area is 146 Å². The number of pyridine rings is 1. The summed E-state index contributed by atoms with van der Waals surface area (Å²) in [6.07, 6.45) is 4.54. The number of carbonyl (C=O) groups is 1. The molecule has 0 aliphatic heterocycles. The number of nitrogens with zero attached hydrogens (tertiary/aromatic N) is 2. The highest BCUT2D eigenvalue weighted by Crippen LogP contribution is 2.45. The third kappa shape index (κ3) is 3.22. The molecule has 2 heterocycles. The maximum Gasteiger partial charge on any atom is 0.337 e. The number of carboxylic acids is 1.